The quantitative estimate of drug-likeness (QED) is 0.223. The number of fused-ring (bicyclic) bond motifs is 2. The van der Waals surface area contributed by atoms with Crippen LogP contribution in [0.2, 0.25) is 6.55 Å². The van der Waals surface area contributed by atoms with Gasteiger partial charge in [0.25, 0.3) is 0 Å². The normalized spacial score (nSPS) is 15.2. The molecule has 0 N–H and O–H groups in total. The summed E-state index contributed by atoms with van der Waals surface area (Å²) in [7, 11) is -2.41. The topological polar surface area (TPSA) is 0 Å². The lowest BCUT2D eigenvalue weighted by atomic mass is 9.89. The van der Waals surface area contributed by atoms with Crippen LogP contribution in [0.3, 0.4) is 0 Å². The molecule has 2 aliphatic carbocycles. The van der Waals surface area contributed by atoms with Crippen LogP contribution in [0.25, 0.3) is 10.4 Å². The summed E-state index contributed by atoms with van der Waals surface area (Å²) in [5.74, 6) is 2.07. The molecule has 0 atom stereocenters. The van der Waals surface area contributed by atoms with E-state index in [0.717, 1.165) is 25.7 Å². The second-order valence-electron chi connectivity index (χ2n) is 14.4. The molecule has 1 heteroatoms. The summed E-state index contributed by atoms with van der Waals surface area (Å²) in [5, 5.41) is 5.04. The van der Waals surface area contributed by atoms with E-state index in [9.17, 15) is 0 Å². The average Bonchev–Trinajstić information content (AvgIpc) is 3.54. The van der Waals surface area contributed by atoms with Crippen LogP contribution in [0.15, 0.2) is 65.7 Å². The molecule has 0 radical (unpaired) electrons. The lowest BCUT2D eigenvalue weighted by Gasteiger charge is -2.37. The zero-order chi connectivity index (χ0) is 30.5. The van der Waals surface area contributed by atoms with Crippen molar-refractivity contribution in [1.29, 1.82) is 0 Å². The summed E-state index contributed by atoms with van der Waals surface area (Å²) in [6.07, 6.45) is 4.47. The fraction of sp³-hybridized carbons (Fsp3) is 0.463. The maximum atomic E-state index is 2.73. The van der Waals surface area contributed by atoms with Crippen LogP contribution in [-0.4, -0.2) is 8.07 Å². The van der Waals surface area contributed by atoms with Gasteiger partial charge in [-0.1, -0.05) is 142 Å². The molecule has 0 saturated carbocycles. The van der Waals surface area contributed by atoms with E-state index >= 15 is 0 Å². The standard InChI is InChI=1S/C41H54Si/c1-12-29-19-33-21-31(25(3)4)23-36(27(7)8)38(33)40(29)42(11,35-17-15-14-16-18-35)41-30(13-2)20-34-22-32(26(5)6)24-37(28(9)10)39(34)41/h14-18,21-28H,12-13,19-20H2,1-11H3. The van der Waals surface area contributed by atoms with Crippen molar-refractivity contribution in [2.45, 2.75) is 125 Å². The number of hydrogen-bond acceptors (Lipinski definition) is 0. The summed E-state index contributed by atoms with van der Waals surface area (Å²) in [6.45, 7) is 26.6. The van der Waals surface area contributed by atoms with Gasteiger partial charge in [-0.2, -0.15) is 0 Å². The van der Waals surface area contributed by atoms with Gasteiger partial charge < -0.3 is 0 Å². The summed E-state index contributed by atoms with van der Waals surface area (Å²) in [6, 6.07) is 22.0. The van der Waals surface area contributed by atoms with E-state index < -0.39 is 8.07 Å². The minimum atomic E-state index is -2.41. The van der Waals surface area contributed by atoms with Gasteiger partial charge in [0.15, 0.2) is 0 Å². The molecule has 3 aromatic rings. The number of allylic oxidation sites excluding steroid dienone is 2. The lowest BCUT2D eigenvalue weighted by Crippen LogP contribution is -2.48. The van der Waals surface area contributed by atoms with Crippen LogP contribution < -0.4 is 5.19 Å². The van der Waals surface area contributed by atoms with Gasteiger partial charge in [0, 0.05) is 0 Å². The van der Waals surface area contributed by atoms with E-state index in [2.05, 4.69) is 130 Å². The van der Waals surface area contributed by atoms with Gasteiger partial charge in [0.2, 0.25) is 0 Å². The van der Waals surface area contributed by atoms with E-state index in [-0.39, 0.29) is 0 Å². The third-order valence-corrected chi connectivity index (χ3v) is 15.0. The molecule has 2 aliphatic rings. The Kier molecular flexibility index (Phi) is 8.65. The molecule has 0 unspecified atom stereocenters. The highest BCUT2D eigenvalue weighted by atomic mass is 28.3. The fourth-order valence-corrected chi connectivity index (χ4v) is 13.2. The van der Waals surface area contributed by atoms with Gasteiger partial charge in [-0.05, 0) is 109 Å². The van der Waals surface area contributed by atoms with Crippen LogP contribution >= 0.6 is 0 Å². The first-order valence-corrected chi connectivity index (χ1v) is 19.3. The molecule has 42 heavy (non-hydrogen) atoms. The zero-order valence-electron chi connectivity index (χ0n) is 28.3. The summed E-state index contributed by atoms with van der Waals surface area (Å²) in [4.78, 5) is 0. The average molecular weight is 575 g/mol. The van der Waals surface area contributed by atoms with Crippen molar-refractivity contribution in [3.05, 3.63) is 110 Å². The second-order valence-corrected chi connectivity index (χ2v) is 18.2. The highest BCUT2D eigenvalue weighted by Gasteiger charge is 2.47. The Labute approximate surface area is 258 Å². The molecular weight excluding hydrogens is 521 g/mol. The third kappa shape index (κ3) is 5.00. The van der Waals surface area contributed by atoms with E-state index in [1.165, 1.54) is 11.1 Å². The third-order valence-electron chi connectivity index (χ3n) is 10.3. The summed E-state index contributed by atoms with van der Waals surface area (Å²) < 4.78 is 0. The van der Waals surface area contributed by atoms with Gasteiger partial charge in [0.1, 0.15) is 8.07 Å². The van der Waals surface area contributed by atoms with Crippen LogP contribution in [-0.2, 0) is 12.8 Å². The van der Waals surface area contributed by atoms with Crippen molar-refractivity contribution in [2.24, 2.45) is 0 Å². The predicted molar refractivity (Wildman–Crippen MR) is 189 cm³/mol. The summed E-state index contributed by atoms with van der Waals surface area (Å²) >= 11 is 0. The van der Waals surface area contributed by atoms with Crippen molar-refractivity contribution in [2.75, 3.05) is 0 Å². The van der Waals surface area contributed by atoms with Crippen LogP contribution in [0, 0.1) is 0 Å². The maximum absolute atomic E-state index is 2.73. The van der Waals surface area contributed by atoms with E-state index in [1.807, 2.05) is 0 Å². The van der Waals surface area contributed by atoms with E-state index in [1.54, 1.807) is 60.1 Å². The summed E-state index contributed by atoms with van der Waals surface area (Å²) in [5.41, 5.74) is 15.9. The number of rotatable bonds is 9. The molecular formula is C41H54Si. The van der Waals surface area contributed by atoms with Crippen molar-refractivity contribution >= 4 is 23.7 Å². The van der Waals surface area contributed by atoms with E-state index in [4.69, 9.17) is 0 Å². The molecule has 0 heterocycles. The van der Waals surface area contributed by atoms with Crippen molar-refractivity contribution in [1.82, 2.24) is 0 Å². The SMILES string of the molecule is CCC1=C([Si](C)(C2=C(CC)Cc3cc(C(C)C)cc(C(C)C)c32)c2ccccc2)c2c(cc(C(C)C)cc2C(C)C)C1. The molecule has 0 amide bonds. The lowest BCUT2D eigenvalue weighted by molar-refractivity contribution is 0.827. The molecule has 0 aliphatic heterocycles. The Hall–Kier alpha value is -2.64. The van der Waals surface area contributed by atoms with Crippen molar-refractivity contribution in [3.63, 3.8) is 0 Å². The highest BCUT2D eigenvalue weighted by molar-refractivity contribution is 7.18. The second kappa shape index (κ2) is 11.8. The van der Waals surface area contributed by atoms with Gasteiger partial charge in [0.05, 0.1) is 0 Å². The van der Waals surface area contributed by atoms with Crippen LogP contribution in [0.4, 0.5) is 0 Å². The van der Waals surface area contributed by atoms with Crippen molar-refractivity contribution in [3.8, 4) is 0 Å². The first kappa shape index (κ1) is 30.8. The molecule has 0 fully saturated rings. The van der Waals surface area contributed by atoms with E-state index in [0.29, 0.717) is 23.7 Å². The van der Waals surface area contributed by atoms with Crippen LogP contribution in [0.1, 0.15) is 150 Å². The van der Waals surface area contributed by atoms with Gasteiger partial charge >= 0.3 is 0 Å². The molecule has 0 nitrogen and oxygen atoms in total. The van der Waals surface area contributed by atoms with Gasteiger partial charge in [-0.3, -0.25) is 0 Å². The van der Waals surface area contributed by atoms with Crippen molar-refractivity contribution < 1.29 is 0 Å². The Morgan fingerprint density at radius 1 is 0.571 bits per heavy atom. The first-order valence-electron chi connectivity index (χ1n) is 16.8. The number of benzene rings is 3. The molecule has 0 bridgehead atoms. The largest absolute Gasteiger partial charge is 0.146 e. The maximum Gasteiger partial charge on any atom is 0.146 e. The van der Waals surface area contributed by atoms with Gasteiger partial charge in [-0.15, -0.1) is 0 Å². The Morgan fingerprint density at radius 2 is 0.976 bits per heavy atom. The Bertz CT molecular complexity index is 1450. The highest BCUT2D eigenvalue weighted by Crippen LogP contribution is 2.53. The molecule has 0 spiro atoms. The predicted octanol–water partition coefficient (Wildman–Crippen LogP) is 11.4. The smallest absolute Gasteiger partial charge is 0.0654 e. The van der Waals surface area contributed by atoms with Crippen LogP contribution in [0.5, 0.6) is 0 Å². The van der Waals surface area contributed by atoms with Gasteiger partial charge in [-0.25, -0.2) is 0 Å². The first-order chi connectivity index (χ1) is 19.9. The monoisotopic (exact) mass is 574 g/mol. The fourth-order valence-electron chi connectivity index (χ4n) is 7.96. The zero-order valence-corrected chi connectivity index (χ0v) is 29.3. The molecule has 5 rings (SSSR count). The molecule has 3 aromatic carbocycles. The molecule has 222 valence electrons. The Morgan fingerprint density at radius 3 is 1.31 bits per heavy atom. The minimum absolute atomic E-state index is 0.494. The number of hydrogen-bond donors (Lipinski definition) is 0. The molecule has 0 aromatic heterocycles. The Balaban J connectivity index is 1.91. The molecule has 0 saturated heterocycles. The minimum Gasteiger partial charge on any atom is -0.0654 e.